The Kier molecular flexibility index (Phi) is 4.91. The second kappa shape index (κ2) is 6.87. The van der Waals surface area contributed by atoms with Crippen LogP contribution in [0.15, 0.2) is 18.3 Å². The van der Waals surface area contributed by atoms with Crippen LogP contribution in [0.4, 0.5) is 5.82 Å². The van der Waals surface area contributed by atoms with Crippen LogP contribution in [-0.2, 0) is 4.79 Å². The van der Waals surface area contributed by atoms with Gasteiger partial charge >= 0.3 is 0 Å². The van der Waals surface area contributed by atoms with Gasteiger partial charge in [-0.15, -0.1) is 0 Å². The van der Waals surface area contributed by atoms with Crippen LogP contribution in [0.3, 0.4) is 0 Å². The molecule has 1 N–H and O–H groups in total. The maximum absolute atomic E-state index is 11.9. The summed E-state index contributed by atoms with van der Waals surface area (Å²) in [5.74, 6) is 1.07. The monoisotopic (exact) mass is 273 g/mol. The fourth-order valence-corrected chi connectivity index (χ4v) is 2.21. The van der Waals surface area contributed by atoms with Crippen molar-refractivity contribution >= 4 is 11.7 Å². The lowest BCUT2D eigenvalue weighted by atomic mass is 10.2. The zero-order valence-electron chi connectivity index (χ0n) is 11.7. The van der Waals surface area contributed by atoms with Crippen LogP contribution in [0.5, 0.6) is 0 Å². The Bertz CT molecular complexity index is 485. The van der Waals surface area contributed by atoms with Crippen LogP contribution in [-0.4, -0.2) is 55.6 Å². The number of pyridine rings is 1. The van der Waals surface area contributed by atoms with E-state index in [0.717, 1.165) is 38.5 Å². The molecule has 106 valence electrons. The van der Waals surface area contributed by atoms with Crippen LogP contribution in [0, 0.1) is 11.3 Å². The summed E-state index contributed by atoms with van der Waals surface area (Å²) in [5, 5.41) is 11.7. The van der Waals surface area contributed by atoms with E-state index in [1.165, 1.54) is 0 Å². The van der Waals surface area contributed by atoms with Crippen LogP contribution in [0.2, 0.25) is 0 Å². The fraction of sp³-hybridized carbons (Fsp3) is 0.500. The summed E-state index contributed by atoms with van der Waals surface area (Å²) in [6.07, 6.45) is 2.13. The number of hydrogen-bond donors (Lipinski definition) is 1. The molecule has 1 fully saturated rings. The maximum Gasteiger partial charge on any atom is 0.223 e. The first-order valence-electron chi connectivity index (χ1n) is 6.78. The first-order valence-corrected chi connectivity index (χ1v) is 6.78. The Labute approximate surface area is 119 Å². The van der Waals surface area contributed by atoms with Crippen molar-refractivity contribution in [1.29, 1.82) is 5.26 Å². The molecule has 20 heavy (non-hydrogen) atoms. The van der Waals surface area contributed by atoms with Gasteiger partial charge in [0.15, 0.2) is 0 Å². The van der Waals surface area contributed by atoms with Gasteiger partial charge in [0.05, 0.1) is 5.56 Å². The van der Waals surface area contributed by atoms with Crippen molar-refractivity contribution < 1.29 is 4.79 Å². The second-order valence-corrected chi connectivity index (χ2v) is 4.74. The molecule has 2 rings (SSSR count). The summed E-state index contributed by atoms with van der Waals surface area (Å²) in [6.45, 7) is 3.74. The second-order valence-electron chi connectivity index (χ2n) is 4.74. The molecule has 1 saturated heterocycles. The molecule has 6 nitrogen and oxygen atoms in total. The lowest BCUT2D eigenvalue weighted by Gasteiger charge is -2.35. The third-order valence-corrected chi connectivity index (χ3v) is 3.42. The van der Waals surface area contributed by atoms with Crippen LogP contribution in [0.25, 0.3) is 0 Å². The third-order valence-electron chi connectivity index (χ3n) is 3.42. The van der Waals surface area contributed by atoms with E-state index in [1.54, 1.807) is 12.3 Å². The van der Waals surface area contributed by atoms with Gasteiger partial charge in [0.25, 0.3) is 0 Å². The van der Waals surface area contributed by atoms with Crippen molar-refractivity contribution in [2.24, 2.45) is 0 Å². The molecule has 0 atom stereocenters. The van der Waals surface area contributed by atoms with Gasteiger partial charge in [0.2, 0.25) is 5.91 Å². The Balaban J connectivity index is 1.87. The minimum absolute atomic E-state index is 0.201. The van der Waals surface area contributed by atoms with Gasteiger partial charge in [-0.05, 0) is 19.2 Å². The molecule has 1 aliphatic rings. The van der Waals surface area contributed by atoms with Crippen molar-refractivity contribution in [2.75, 3.05) is 44.7 Å². The van der Waals surface area contributed by atoms with Crippen molar-refractivity contribution in [3.8, 4) is 6.07 Å². The average molecular weight is 273 g/mol. The third kappa shape index (κ3) is 3.45. The summed E-state index contributed by atoms with van der Waals surface area (Å²) >= 11 is 0. The Morgan fingerprint density at radius 1 is 1.40 bits per heavy atom. The van der Waals surface area contributed by atoms with Gasteiger partial charge in [-0.3, -0.25) is 4.79 Å². The predicted octanol–water partition coefficient (Wildman–Crippen LogP) is 0.211. The molecule has 0 bridgehead atoms. The molecule has 0 aromatic carbocycles. The Morgan fingerprint density at radius 3 is 2.70 bits per heavy atom. The van der Waals surface area contributed by atoms with Crippen molar-refractivity contribution in [3.63, 3.8) is 0 Å². The summed E-state index contributed by atoms with van der Waals surface area (Å²) < 4.78 is 0. The Morgan fingerprint density at radius 2 is 2.15 bits per heavy atom. The largest absolute Gasteiger partial charge is 0.353 e. The summed E-state index contributed by atoms with van der Waals surface area (Å²) in [4.78, 5) is 20.2. The molecule has 0 aliphatic carbocycles. The minimum atomic E-state index is 0.201. The number of carbonyl (C=O) groups excluding carboxylic acids is 1. The smallest absolute Gasteiger partial charge is 0.223 e. The normalized spacial score (nSPS) is 15.0. The van der Waals surface area contributed by atoms with E-state index in [4.69, 9.17) is 5.26 Å². The molecule has 0 spiro atoms. The molecular weight excluding hydrogens is 254 g/mol. The SMILES string of the molecule is CNCCC(=O)N1CCN(c2ccc(C#N)cn2)CC1. The first kappa shape index (κ1) is 14.3. The van der Waals surface area contributed by atoms with Gasteiger partial charge in [-0.1, -0.05) is 0 Å². The van der Waals surface area contributed by atoms with Crippen molar-refractivity contribution in [1.82, 2.24) is 15.2 Å². The van der Waals surface area contributed by atoms with Gasteiger partial charge in [-0.2, -0.15) is 5.26 Å². The minimum Gasteiger partial charge on any atom is -0.353 e. The molecule has 1 amide bonds. The number of anilines is 1. The van der Waals surface area contributed by atoms with Crippen molar-refractivity contribution in [3.05, 3.63) is 23.9 Å². The number of aromatic nitrogens is 1. The van der Waals surface area contributed by atoms with E-state index < -0.39 is 0 Å². The molecular formula is C14H19N5O. The molecule has 6 heteroatoms. The highest BCUT2D eigenvalue weighted by Gasteiger charge is 2.21. The molecule has 1 aromatic heterocycles. The van der Waals surface area contributed by atoms with E-state index in [-0.39, 0.29) is 5.91 Å². The van der Waals surface area contributed by atoms with E-state index in [2.05, 4.69) is 21.3 Å². The van der Waals surface area contributed by atoms with Gasteiger partial charge in [-0.25, -0.2) is 4.98 Å². The summed E-state index contributed by atoms with van der Waals surface area (Å²) in [5.41, 5.74) is 0.564. The average Bonchev–Trinajstić information content (AvgIpc) is 2.53. The van der Waals surface area contributed by atoms with E-state index in [9.17, 15) is 4.79 Å². The number of hydrogen-bond acceptors (Lipinski definition) is 5. The summed E-state index contributed by atoms with van der Waals surface area (Å²) in [7, 11) is 1.85. The molecule has 1 aliphatic heterocycles. The van der Waals surface area contributed by atoms with Crippen LogP contribution >= 0.6 is 0 Å². The fourth-order valence-electron chi connectivity index (χ4n) is 2.21. The standard InChI is InChI=1S/C14H19N5O/c1-16-5-4-14(20)19-8-6-18(7-9-19)13-3-2-12(10-15)11-17-13/h2-3,11,16H,4-9H2,1H3. The number of nitriles is 1. The number of rotatable bonds is 4. The molecule has 0 unspecified atom stereocenters. The zero-order valence-corrected chi connectivity index (χ0v) is 11.7. The summed E-state index contributed by atoms with van der Waals surface area (Å²) in [6, 6.07) is 5.69. The number of nitrogens with one attached hydrogen (secondary N) is 1. The van der Waals surface area contributed by atoms with Crippen molar-refractivity contribution in [2.45, 2.75) is 6.42 Å². The first-order chi connectivity index (χ1) is 9.74. The van der Waals surface area contributed by atoms with E-state index >= 15 is 0 Å². The van der Waals surface area contributed by atoms with Gasteiger partial charge in [0, 0.05) is 45.3 Å². The number of piperazine rings is 1. The number of amides is 1. The van der Waals surface area contributed by atoms with E-state index in [0.29, 0.717) is 12.0 Å². The number of carbonyl (C=O) groups is 1. The number of nitrogens with zero attached hydrogens (tertiary/aromatic N) is 4. The molecule has 2 heterocycles. The molecule has 1 aromatic rings. The Hall–Kier alpha value is -2.13. The van der Waals surface area contributed by atoms with E-state index in [1.807, 2.05) is 18.0 Å². The molecule has 0 saturated carbocycles. The maximum atomic E-state index is 11.9. The highest BCUT2D eigenvalue weighted by atomic mass is 16.2. The van der Waals surface area contributed by atoms with Gasteiger partial charge in [0.1, 0.15) is 11.9 Å². The predicted molar refractivity (Wildman–Crippen MR) is 76.3 cm³/mol. The van der Waals surface area contributed by atoms with Crippen LogP contribution in [0.1, 0.15) is 12.0 Å². The topological polar surface area (TPSA) is 72.3 Å². The lowest BCUT2D eigenvalue weighted by molar-refractivity contribution is -0.131. The quantitative estimate of drug-likeness (QED) is 0.849. The highest BCUT2D eigenvalue weighted by Crippen LogP contribution is 2.14. The highest BCUT2D eigenvalue weighted by molar-refractivity contribution is 5.76. The van der Waals surface area contributed by atoms with Crippen LogP contribution < -0.4 is 10.2 Å². The van der Waals surface area contributed by atoms with Gasteiger partial charge < -0.3 is 15.1 Å². The lowest BCUT2D eigenvalue weighted by Crippen LogP contribution is -2.49. The zero-order chi connectivity index (χ0) is 14.4. The molecule has 0 radical (unpaired) electrons.